The van der Waals surface area contributed by atoms with Gasteiger partial charge in [-0.15, -0.1) is 0 Å². The van der Waals surface area contributed by atoms with Crippen molar-refractivity contribution in [3.63, 3.8) is 0 Å². The van der Waals surface area contributed by atoms with Gasteiger partial charge in [-0.2, -0.15) is 0 Å². The van der Waals surface area contributed by atoms with Crippen LogP contribution in [-0.4, -0.2) is 40.8 Å². The second-order valence-electron chi connectivity index (χ2n) is 5.89. The van der Waals surface area contributed by atoms with Gasteiger partial charge in [0.1, 0.15) is 5.75 Å². The normalized spacial score (nSPS) is 15.2. The summed E-state index contributed by atoms with van der Waals surface area (Å²) >= 11 is 0. The third-order valence-corrected chi connectivity index (χ3v) is 4.30. The van der Waals surface area contributed by atoms with Crippen molar-refractivity contribution in [2.45, 2.75) is 6.54 Å². The summed E-state index contributed by atoms with van der Waals surface area (Å²) in [5.41, 5.74) is 3.13. The van der Waals surface area contributed by atoms with Gasteiger partial charge in [-0.05, 0) is 17.7 Å². The van der Waals surface area contributed by atoms with Crippen LogP contribution in [0.5, 0.6) is 5.75 Å². The first-order valence-corrected chi connectivity index (χ1v) is 8.00. The number of phenolic OH excluding ortho intramolecular Hbond substituents is 1. The minimum absolute atomic E-state index is 0.276. The number of hydrogen-bond donors (Lipinski definition) is 2. The lowest BCUT2D eigenvalue weighted by Crippen LogP contribution is -2.44. The molecule has 0 bridgehead atoms. The smallest absolute Gasteiger partial charge is 0.206 e. The number of phenols is 1. The number of aromatic nitrogens is 2. The average Bonchev–Trinajstić information content (AvgIpc) is 2.95. The van der Waals surface area contributed by atoms with E-state index in [-0.39, 0.29) is 5.75 Å². The van der Waals surface area contributed by atoms with E-state index in [0.29, 0.717) is 0 Å². The Morgan fingerprint density at radius 1 is 1.04 bits per heavy atom. The summed E-state index contributed by atoms with van der Waals surface area (Å²) in [6, 6.07) is 15.8. The Morgan fingerprint density at radius 2 is 1.83 bits per heavy atom. The van der Waals surface area contributed by atoms with Crippen LogP contribution in [0.15, 0.2) is 48.5 Å². The summed E-state index contributed by atoms with van der Waals surface area (Å²) < 4.78 is 2.20. The van der Waals surface area contributed by atoms with Gasteiger partial charge in [-0.3, -0.25) is 0 Å². The third-order valence-electron chi connectivity index (χ3n) is 4.30. The summed E-state index contributed by atoms with van der Waals surface area (Å²) in [4.78, 5) is 7.14. The number of rotatable bonds is 3. The first kappa shape index (κ1) is 14.1. The molecule has 0 radical (unpaired) electrons. The average molecular weight is 308 g/mol. The first-order valence-electron chi connectivity index (χ1n) is 8.00. The molecule has 1 aliphatic heterocycles. The second-order valence-corrected chi connectivity index (χ2v) is 5.89. The molecule has 3 aromatic rings. The molecule has 0 aliphatic carbocycles. The van der Waals surface area contributed by atoms with Gasteiger partial charge in [0.25, 0.3) is 0 Å². The van der Waals surface area contributed by atoms with E-state index in [2.05, 4.69) is 39.0 Å². The lowest BCUT2D eigenvalue weighted by molar-refractivity contribution is 0.476. The monoisotopic (exact) mass is 308 g/mol. The van der Waals surface area contributed by atoms with Crippen molar-refractivity contribution < 1.29 is 5.11 Å². The lowest BCUT2D eigenvalue weighted by Gasteiger charge is -2.29. The molecule has 0 amide bonds. The summed E-state index contributed by atoms with van der Waals surface area (Å²) in [5.74, 6) is 1.26. The van der Waals surface area contributed by atoms with Crippen LogP contribution in [0.4, 0.5) is 5.95 Å². The van der Waals surface area contributed by atoms with Gasteiger partial charge in [-0.25, -0.2) is 4.98 Å². The van der Waals surface area contributed by atoms with Crippen LogP contribution in [-0.2, 0) is 6.54 Å². The topological polar surface area (TPSA) is 53.3 Å². The summed E-state index contributed by atoms with van der Waals surface area (Å²) in [5, 5.41) is 13.3. The van der Waals surface area contributed by atoms with E-state index in [1.54, 1.807) is 12.1 Å². The molecular weight excluding hydrogens is 288 g/mol. The number of imidazole rings is 1. The van der Waals surface area contributed by atoms with Crippen LogP contribution in [0.2, 0.25) is 0 Å². The zero-order chi connectivity index (χ0) is 15.6. The number of anilines is 1. The van der Waals surface area contributed by atoms with E-state index < -0.39 is 0 Å². The Bertz CT molecular complexity index is 807. The van der Waals surface area contributed by atoms with Crippen LogP contribution in [0, 0.1) is 0 Å². The van der Waals surface area contributed by atoms with Gasteiger partial charge >= 0.3 is 0 Å². The SMILES string of the molecule is Oc1ccc2nc(N3CCNCC3)n(Cc3ccccc3)c2c1. The minimum atomic E-state index is 0.276. The quantitative estimate of drug-likeness (QED) is 0.779. The summed E-state index contributed by atoms with van der Waals surface area (Å²) in [6.45, 7) is 4.59. The molecule has 1 aromatic heterocycles. The molecule has 0 atom stereocenters. The molecule has 5 nitrogen and oxygen atoms in total. The van der Waals surface area contributed by atoms with Crippen molar-refractivity contribution in [2.24, 2.45) is 0 Å². The number of benzene rings is 2. The lowest BCUT2D eigenvalue weighted by atomic mass is 10.2. The van der Waals surface area contributed by atoms with E-state index in [0.717, 1.165) is 49.7 Å². The molecule has 2 N–H and O–H groups in total. The van der Waals surface area contributed by atoms with Crippen LogP contribution < -0.4 is 10.2 Å². The standard InChI is InChI=1S/C18H20N4O/c23-15-6-7-16-17(12-15)22(13-14-4-2-1-3-5-14)18(20-16)21-10-8-19-9-11-21/h1-7,12,19,23H,8-11,13H2. The fraction of sp³-hybridized carbons (Fsp3) is 0.278. The number of fused-ring (bicyclic) bond motifs is 1. The highest BCUT2D eigenvalue weighted by atomic mass is 16.3. The second kappa shape index (κ2) is 5.93. The van der Waals surface area contributed by atoms with E-state index in [4.69, 9.17) is 4.98 Å². The zero-order valence-electron chi connectivity index (χ0n) is 12.9. The molecule has 2 aromatic carbocycles. The van der Waals surface area contributed by atoms with Crippen LogP contribution in [0.3, 0.4) is 0 Å². The van der Waals surface area contributed by atoms with Crippen LogP contribution in [0.1, 0.15) is 5.56 Å². The molecule has 23 heavy (non-hydrogen) atoms. The molecule has 0 unspecified atom stereocenters. The highest BCUT2D eigenvalue weighted by Crippen LogP contribution is 2.27. The number of hydrogen-bond acceptors (Lipinski definition) is 4. The fourth-order valence-electron chi connectivity index (χ4n) is 3.13. The molecule has 1 aliphatic rings. The Kier molecular flexibility index (Phi) is 3.63. The van der Waals surface area contributed by atoms with Crippen molar-refractivity contribution in [1.82, 2.24) is 14.9 Å². The highest BCUT2D eigenvalue weighted by molar-refractivity contribution is 5.80. The largest absolute Gasteiger partial charge is 0.508 e. The zero-order valence-corrected chi connectivity index (χ0v) is 12.9. The number of aromatic hydroxyl groups is 1. The van der Waals surface area contributed by atoms with Crippen LogP contribution >= 0.6 is 0 Å². The van der Waals surface area contributed by atoms with Gasteiger partial charge in [0.2, 0.25) is 5.95 Å². The van der Waals surface area contributed by atoms with E-state index >= 15 is 0 Å². The van der Waals surface area contributed by atoms with Gasteiger partial charge in [0, 0.05) is 32.2 Å². The van der Waals surface area contributed by atoms with E-state index in [1.807, 2.05) is 12.1 Å². The van der Waals surface area contributed by atoms with Gasteiger partial charge in [-0.1, -0.05) is 30.3 Å². The predicted molar refractivity (Wildman–Crippen MR) is 92.0 cm³/mol. The molecule has 1 saturated heterocycles. The van der Waals surface area contributed by atoms with Gasteiger partial charge in [0.15, 0.2) is 0 Å². The van der Waals surface area contributed by atoms with Crippen molar-refractivity contribution >= 4 is 17.0 Å². The number of nitrogens with one attached hydrogen (secondary N) is 1. The molecule has 5 heteroatoms. The van der Waals surface area contributed by atoms with Crippen molar-refractivity contribution in [1.29, 1.82) is 0 Å². The molecule has 4 rings (SSSR count). The fourth-order valence-corrected chi connectivity index (χ4v) is 3.13. The minimum Gasteiger partial charge on any atom is -0.508 e. The maximum absolute atomic E-state index is 9.88. The molecule has 2 heterocycles. The number of piperazine rings is 1. The van der Waals surface area contributed by atoms with Crippen molar-refractivity contribution in [3.05, 3.63) is 54.1 Å². The van der Waals surface area contributed by atoms with E-state index in [1.165, 1.54) is 5.56 Å². The molecule has 0 spiro atoms. The van der Waals surface area contributed by atoms with Gasteiger partial charge in [0.05, 0.1) is 17.6 Å². The highest BCUT2D eigenvalue weighted by Gasteiger charge is 2.19. The molecule has 1 fully saturated rings. The maximum Gasteiger partial charge on any atom is 0.206 e. The Morgan fingerprint density at radius 3 is 2.61 bits per heavy atom. The Balaban J connectivity index is 1.82. The predicted octanol–water partition coefficient (Wildman–Crippen LogP) is 2.20. The molecular formula is C18H20N4O. The van der Waals surface area contributed by atoms with E-state index in [9.17, 15) is 5.11 Å². The Hall–Kier alpha value is -2.53. The summed E-state index contributed by atoms with van der Waals surface area (Å²) in [6.07, 6.45) is 0. The number of nitrogens with zero attached hydrogens (tertiary/aromatic N) is 3. The van der Waals surface area contributed by atoms with Crippen molar-refractivity contribution in [2.75, 3.05) is 31.1 Å². The molecule has 118 valence electrons. The third kappa shape index (κ3) is 2.75. The van der Waals surface area contributed by atoms with Crippen molar-refractivity contribution in [3.8, 4) is 5.75 Å². The molecule has 0 saturated carbocycles. The van der Waals surface area contributed by atoms with Crippen LogP contribution in [0.25, 0.3) is 11.0 Å². The first-order chi connectivity index (χ1) is 11.3. The summed E-state index contributed by atoms with van der Waals surface area (Å²) in [7, 11) is 0. The maximum atomic E-state index is 9.88. The van der Waals surface area contributed by atoms with Gasteiger partial charge < -0.3 is 19.9 Å². The Labute approximate surface area is 135 Å².